The smallest absolute Gasteiger partial charge is 0.265 e. The van der Waals surface area contributed by atoms with Crippen LogP contribution >= 0.6 is 22.9 Å². The van der Waals surface area contributed by atoms with E-state index in [1.807, 2.05) is 73.1 Å². The maximum atomic E-state index is 12.6. The van der Waals surface area contributed by atoms with Crippen LogP contribution in [0.15, 0.2) is 72.4 Å². The summed E-state index contributed by atoms with van der Waals surface area (Å²) in [4.78, 5) is 13.2. The average molecular weight is 438 g/mol. The lowest BCUT2D eigenvalue weighted by molar-refractivity contribution is 0.103. The Kier molecular flexibility index (Phi) is 6.16. The Labute approximate surface area is 183 Å². The Bertz CT molecular complexity index is 1150. The van der Waals surface area contributed by atoms with Crippen molar-refractivity contribution in [3.63, 3.8) is 0 Å². The van der Waals surface area contributed by atoms with Crippen molar-refractivity contribution in [1.82, 2.24) is 9.78 Å². The zero-order chi connectivity index (χ0) is 20.9. The van der Waals surface area contributed by atoms with Gasteiger partial charge in [-0.25, -0.2) is 0 Å². The number of carbonyl (C=O) groups is 1. The Hall–Kier alpha value is -3.09. The number of carbonyl (C=O) groups excluding carboxylic acids is 1. The molecule has 30 heavy (non-hydrogen) atoms. The highest BCUT2D eigenvalue weighted by atomic mass is 35.5. The molecule has 7 heteroatoms. The molecule has 0 fully saturated rings. The molecule has 4 aromatic rings. The second-order valence-electron chi connectivity index (χ2n) is 6.93. The summed E-state index contributed by atoms with van der Waals surface area (Å²) in [6.45, 7) is 3.05. The third kappa shape index (κ3) is 5.28. The molecule has 0 aliphatic carbocycles. The van der Waals surface area contributed by atoms with Crippen molar-refractivity contribution in [1.29, 1.82) is 0 Å². The molecule has 0 radical (unpaired) electrons. The summed E-state index contributed by atoms with van der Waals surface area (Å²) in [6.07, 6.45) is 3.45. The minimum atomic E-state index is -0.159. The molecule has 0 atom stereocenters. The van der Waals surface area contributed by atoms with Gasteiger partial charge in [0.1, 0.15) is 12.4 Å². The highest BCUT2D eigenvalue weighted by Crippen LogP contribution is 2.20. The molecule has 1 amide bonds. The molecular weight excluding hydrogens is 418 g/mol. The number of aryl methyl sites for hydroxylation is 1. The second-order valence-corrected chi connectivity index (χ2v) is 8.28. The normalized spacial score (nSPS) is 10.7. The number of hydrogen-bond acceptors (Lipinski definition) is 4. The van der Waals surface area contributed by atoms with E-state index in [1.54, 1.807) is 10.9 Å². The van der Waals surface area contributed by atoms with Crippen LogP contribution in [0.4, 0.5) is 5.69 Å². The van der Waals surface area contributed by atoms with Gasteiger partial charge in [0.2, 0.25) is 0 Å². The molecule has 5 nitrogen and oxygen atoms in total. The first kappa shape index (κ1) is 20.2. The molecule has 2 aromatic heterocycles. The third-order valence-corrected chi connectivity index (χ3v) is 5.65. The fourth-order valence-electron chi connectivity index (χ4n) is 2.93. The third-order valence-electron chi connectivity index (χ3n) is 4.42. The predicted octanol–water partition coefficient (Wildman–Crippen LogP) is 5.79. The molecule has 152 valence electrons. The lowest BCUT2D eigenvalue weighted by Gasteiger charge is -2.05. The van der Waals surface area contributed by atoms with E-state index in [2.05, 4.69) is 10.4 Å². The summed E-state index contributed by atoms with van der Waals surface area (Å²) in [7, 11) is 0. The minimum absolute atomic E-state index is 0.159. The van der Waals surface area contributed by atoms with Crippen LogP contribution in [-0.4, -0.2) is 15.7 Å². The fraction of sp³-hybridized carbons (Fsp3) is 0.130. The Morgan fingerprint density at radius 3 is 2.80 bits per heavy atom. The van der Waals surface area contributed by atoms with Crippen LogP contribution in [0.3, 0.4) is 0 Å². The van der Waals surface area contributed by atoms with Crippen LogP contribution in [0.5, 0.6) is 5.75 Å². The number of hydrogen-bond donors (Lipinski definition) is 1. The zero-order valence-electron chi connectivity index (χ0n) is 16.3. The number of benzene rings is 2. The van der Waals surface area contributed by atoms with Crippen LogP contribution in [0.2, 0.25) is 5.02 Å². The van der Waals surface area contributed by atoms with Crippen LogP contribution < -0.4 is 10.1 Å². The van der Waals surface area contributed by atoms with Crippen LogP contribution in [0, 0.1) is 6.92 Å². The number of aromatic nitrogens is 2. The monoisotopic (exact) mass is 437 g/mol. The lowest BCUT2D eigenvalue weighted by Crippen LogP contribution is -2.09. The molecule has 2 heterocycles. The van der Waals surface area contributed by atoms with Crippen molar-refractivity contribution in [2.75, 3.05) is 5.32 Å². The Balaban J connectivity index is 1.33. The van der Waals surface area contributed by atoms with Crippen molar-refractivity contribution in [2.24, 2.45) is 0 Å². The zero-order valence-corrected chi connectivity index (χ0v) is 17.9. The predicted molar refractivity (Wildman–Crippen MR) is 121 cm³/mol. The van der Waals surface area contributed by atoms with Gasteiger partial charge < -0.3 is 10.1 Å². The van der Waals surface area contributed by atoms with Gasteiger partial charge >= 0.3 is 0 Å². The highest BCUT2D eigenvalue weighted by Gasteiger charge is 2.11. The first-order valence-electron chi connectivity index (χ1n) is 9.40. The van der Waals surface area contributed by atoms with E-state index < -0.39 is 0 Å². The van der Waals surface area contributed by atoms with Crippen molar-refractivity contribution >= 4 is 34.5 Å². The molecule has 1 N–H and O–H groups in total. The molecular formula is C23H20ClN3O2S. The van der Waals surface area contributed by atoms with Gasteiger partial charge in [0.15, 0.2) is 0 Å². The Morgan fingerprint density at radius 2 is 2.00 bits per heavy atom. The summed E-state index contributed by atoms with van der Waals surface area (Å²) in [5.41, 5.74) is 3.84. The number of halogens is 1. The van der Waals surface area contributed by atoms with Crippen molar-refractivity contribution in [3.8, 4) is 5.75 Å². The molecule has 0 spiro atoms. The topological polar surface area (TPSA) is 56.1 Å². The summed E-state index contributed by atoms with van der Waals surface area (Å²) < 4.78 is 7.58. The standard InChI is InChI=1S/C23H20ClN3O2S/c1-16-3-2-4-21(9-16)29-14-18-10-22(30-15-18)23(28)26-20-11-25-27(13-20)12-17-5-7-19(24)8-6-17/h2-11,13,15H,12,14H2,1H3,(H,26,28). The molecule has 0 aliphatic heterocycles. The number of ether oxygens (including phenoxy) is 1. The van der Waals surface area contributed by atoms with Crippen molar-refractivity contribution < 1.29 is 9.53 Å². The molecule has 0 saturated heterocycles. The van der Waals surface area contributed by atoms with Gasteiger partial charge in [0, 0.05) is 16.8 Å². The van der Waals surface area contributed by atoms with Gasteiger partial charge in [-0.3, -0.25) is 9.48 Å². The number of rotatable bonds is 7. The molecule has 0 unspecified atom stereocenters. The maximum Gasteiger partial charge on any atom is 0.265 e. The number of nitrogens with one attached hydrogen (secondary N) is 1. The minimum Gasteiger partial charge on any atom is -0.489 e. The van der Waals surface area contributed by atoms with Crippen molar-refractivity contribution in [2.45, 2.75) is 20.1 Å². The van der Waals surface area contributed by atoms with Crippen LogP contribution in [0.25, 0.3) is 0 Å². The van der Waals surface area contributed by atoms with E-state index in [-0.39, 0.29) is 5.91 Å². The summed E-state index contributed by atoms with van der Waals surface area (Å²) in [5.74, 6) is 0.660. The molecule has 0 saturated carbocycles. The van der Waals surface area contributed by atoms with E-state index in [4.69, 9.17) is 16.3 Å². The van der Waals surface area contributed by atoms with Gasteiger partial charge in [-0.15, -0.1) is 11.3 Å². The van der Waals surface area contributed by atoms with E-state index in [9.17, 15) is 4.79 Å². The number of amides is 1. The first-order chi connectivity index (χ1) is 14.5. The van der Waals surface area contributed by atoms with Gasteiger partial charge in [0.25, 0.3) is 5.91 Å². The number of anilines is 1. The quantitative estimate of drug-likeness (QED) is 0.398. The highest BCUT2D eigenvalue weighted by molar-refractivity contribution is 7.12. The fourth-order valence-corrected chi connectivity index (χ4v) is 3.84. The van der Waals surface area contributed by atoms with E-state index in [0.717, 1.165) is 22.4 Å². The molecule has 4 rings (SSSR count). The Morgan fingerprint density at radius 1 is 1.17 bits per heavy atom. The van der Waals surface area contributed by atoms with Gasteiger partial charge in [-0.05, 0) is 53.8 Å². The second kappa shape index (κ2) is 9.15. The van der Waals surface area contributed by atoms with Crippen LogP contribution in [-0.2, 0) is 13.2 Å². The van der Waals surface area contributed by atoms with Gasteiger partial charge in [-0.2, -0.15) is 5.10 Å². The first-order valence-corrected chi connectivity index (χ1v) is 10.7. The van der Waals surface area contributed by atoms with E-state index in [0.29, 0.717) is 28.7 Å². The average Bonchev–Trinajstić information content (AvgIpc) is 3.38. The van der Waals surface area contributed by atoms with E-state index >= 15 is 0 Å². The summed E-state index contributed by atoms with van der Waals surface area (Å²) >= 11 is 7.31. The maximum absolute atomic E-state index is 12.6. The van der Waals surface area contributed by atoms with Gasteiger partial charge in [-0.1, -0.05) is 35.9 Å². The van der Waals surface area contributed by atoms with Gasteiger partial charge in [0.05, 0.1) is 23.3 Å². The van der Waals surface area contributed by atoms with Crippen molar-refractivity contribution in [3.05, 3.63) is 99.0 Å². The molecule has 0 bridgehead atoms. The number of nitrogens with zero attached hydrogens (tertiary/aromatic N) is 2. The molecule has 0 aliphatic rings. The summed E-state index contributed by atoms with van der Waals surface area (Å²) in [6, 6.07) is 17.4. The lowest BCUT2D eigenvalue weighted by atomic mass is 10.2. The molecule has 2 aromatic carbocycles. The summed E-state index contributed by atoms with van der Waals surface area (Å²) in [5, 5.41) is 9.84. The van der Waals surface area contributed by atoms with Crippen LogP contribution in [0.1, 0.15) is 26.4 Å². The number of thiophene rings is 1. The largest absolute Gasteiger partial charge is 0.489 e. The van der Waals surface area contributed by atoms with E-state index in [1.165, 1.54) is 11.3 Å². The SMILES string of the molecule is Cc1cccc(OCc2csc(C(=O)Nc3cnn(Cc4ccc(Cl)cc4)c3)c2)c1.